The van der Waals surface area contributed by atoms with Gasteiger partial charge < -0.3 is 0 Å². The zero-order chi connectivity index (χ0) is 10.4. The summed E-state index contributed by atoms with van der Waals surface area (Å²) in [5.74, 6) is 0.244. The molecular weight excluding hydrogens is 172 g/mol. The van der Waals surface area contributed by atoms with Gasteiger partial charge in [0.15, 0.2) is 5.78 Å². The summed E-state index contributed by atoms with van der Waals surface area (Å²) in [6.07, 6.45) is 9.42. The summed E-state index contributed by atoms with van der Waals surface area (Å²) >= 11 is 0. The second-order valence-corrected chi connectivity index (χ2v) is 4.11. The lowest BCUT2D eigenvalue weighted by atomic mass is 9.93. The minimum atomic E-state index is 0.244. The van der Waals surface area contributed by atoms with Crippen LogP contribution >= 0.6 is 0 Å². The van der Waals surface area contributed by atoms with E-state index in [2.05, 4.69) is 6.58 Å². The van der Waals surface area contributed by atoms with E-state index in [0.717, 1.165) is 24.8 Å². The third-order valence-electron chi connectivity index (χ3n) is 2.79. The van der Waals surface area contributed by atoms with Gasteiger partial charge in [-0.2, -0.15) is 0 Å². The molecule has 0 saturated heterocycles. The normalized spacial score (nSPS) is 16.5. The first-order chi connectivity index (χ1) is 6.72. The van der Waals surface area contributed by atoms with Gasteiger partial charge >= 0.3 is 0 Å². The first-order valence-corrected chi connectivity index (χ1v) is 5.61. The van der Waals surface area contributed by atoms with Crippen LogP contribution in [0, 0.1) is 0 Å². The maximum Gasteiger partial charge on any atom is 0.159 e. The maximum absolute atomic E-state index is 11.5. The molecule has 0 heterocycles. The van der Waals surface area contributed by atoms with Gasteiger partial charge in [0, 0.05) is 6.42 Å². The molecule has 1 saturated carbocycles. The van der Waals surface area contributed by atoms with Crippen LogP contribution in [0.3, 0.4) is 0 Å². The SMILES string of the molecule is C=C(CC)CC(=O)C=C1CCCCC1. The van der Waals surface area contributed by atoms with Gasteiger partial charge in [0.05, 0.1) is 0 Å². The van der Waals surface area contributed by atoms with Gasteiger partial charge in [-0.05, 0) is 38.2 Å². The summed E-state index contributed by atoms with van der Waals surface area (Å²) in [4.78, 5) is 11.5. The fourth-order valence-electron chi connectivity index (χ4n) is 1.80. The summed E-state index contributed by atoms with van der Waals surface area (Å²) in [6, 6.07) is 0. The van der Waals surface area contributed by atoms with Crippen molar-refractivity contribution in [2.45, 2.75) is 51.9 Å². The molecule has 1 nitrogen and oxygen atoms in total. The number of carbonyl (C=O) groups is 1. The molecule has 14 heavy (non-hydrogen) atoms. The molecule has 1 aliphatic carbocycles. The van der Waals surface area contributed by atoms with Crippen LogP contribution in [0.2, 0.25) is 0 Å². The quantitative estimate of drug-likeness (QED) is 0.489. The Bertz CT molecular complexity index is 240. The molecule has 0 aromatic carbocycles. The van der Waals surface area contributed by atoms with Crippen molar-refractivity contribution >= 4 is 5.78 Å². The van der Waals surface area contributed by atoms with Crippen molar-refractivity contribution in [1.29, 1.82) is 0 Å². The van der Waals surface area contributed by atoms with E-state index in [0.29, 0.717) is 6.42 Å². The highest BCUT2D eigenvalue weighted by atomic mass is 16.1. The van der Waals surface area contributed by atoms with Crippen LogP contribution in [-0.4, -0.2) is 5.78 Å². The van der Waals surface area contributed by atoms with Gasteiger partial charge in [-0.25, -0.2) is 0 Å². The van der Waals surface area contributed by atoms with Crippen molar-refractivity contribution < 1.29 is 4.79 Å². The number of ketones is 1. The van der Waals surface area contributed by atoms with Crippen LogP contribution in [0.1, 0.15) is 51.9 Å². The molecule has 0 unspecified atom stereocenters. The van der Waals surface area contributed by atoms with E-state index in [9.17, 15) is 4.79 Å². The van der Waals surface area contributed by atoms with E-state index in [1.54, 1.807) is 0 Å². The molecule has 0 aliphatic heterocycles. The van der Waals surface area contributed by atoms with Crippen LogP contribution in [0.15, 0.2) is 23.8 Å². The second kappa shape index (κ2) is 5.79. The lowest BCUT2D eigenvalue weighted by Crippen LogP contribution is -2.00. The smallest absolute Gasteiger partial charge is 0.159 e. The molecule has 1 heteroatoms. The Kier molecular flexibility index (Phi) is 4.64. The number of allylic oxidation sites excluding steroid dienone is 3. The highest BCUT2D eigenvalue weighted by Gasteiger charge is 2.07. The highest BCUT2D eigenvalue weighted by molar-refractivity contribution is 5.91. The molecule has 0 atom stereocenters. The standard InChI is InChI=1S/C13H20O/c1-3-11(2)9-13(14)10-12-7-5-4-6-8-12/h10H,2-9H2,1H3. The number of carbonyl (C=O) groups excluding carboxylic acids is 1. The van der Waals surface area contributed by atoms with Crippen LogP contribution in [0.25, 0.3) is 0 Å². The van der Waals surface area contributed by atoms with Gasteiger partial charge in [0.25, 0.3) is 0 Å². The number of rotatable bonds is 4. The summed E-state index contributed by atoms with van der Waals surface area (Å²) < 4.78 is 0. The highest BCUT2D eigenvalue weighted by Crippen LogP contribution is 2.23. The van der Waals surface area contributed by atoms with Crippen molar-refractivity contribution in [3.05, 3.63) is 23.8 Å². The molecule has 1 fully saturated rings. The van der Waals surface area contributed by atoms with Gasteiger partial charge in [0.1, 0.15) is 0 Å². The van der Waals surface area contributed by atoms with E-state index in [1.165, 1.54) is 24.8 Å². The predicted molar refractivity (Wildman–Crippen MR) is 60.2 cm³/mol. The zero-order valence-corrected chi connectivity index (χ0v) is 9.14. The molecular formula is C13H20O. The van der Waals surface area contributed by atoms with E-state index in [1.807, 2.05) is 13.0 Å². The zero-order valence-electron chi connectivity index (χ0n) is 9.14. The third-order valence-corrected chi connectivity index (χ3v) is 2.79. The Morgan fingerprint density at radius 2 is 2.00 bits per heavy atom. The first kappa shape index (κ1) is 11.2. The molecule has 0 aromatic heterocycles. The average molecular weight is 192 g/mol. The van der Waals surface area contributed by atoms with Crippen LogP contribution < -0.4 is 0 Å². The Hall–Kier alpha value is -0.850. The Morgan fingerprint density at radius 3 is 2.57 bits per heavy atom. The second-order valence-electron chi connectivity index (χ2n) is 4.11. The summed E-state index contributed by atoms with van der Waals surface area (Å²) in [5, 5.41) is 0. The molecule has 0 radical (unpaired) electrons. The van der Waals surface area contributed by atoms with Gasteiger partial charge in [-0.1, -0.05) is 31.1 Å². The molecule has 1 aliphatic rings. The van der Waals surface area contributed by atoms with E-state index in [-0.39, 0.29) is 5.78 Å². The average Bonchev–Trinajstić information content (AvgIpc) is 2.19. The van der Waals surface area contributed by atoms with Crippen molar-refractivity contribution in [2.24, 2.45) is 0 Å². The van der Waals surface area contributed by atoms with Crippen molar-refractivity contribution in [3.63, 3.8) is 0 Å². The lowest BCUT2D eigenvalue weighted by molar-refractivity contribution is -0.114. The Balaban J connectivity index is 2.41. The van der Waals surface area contributed by atoms with Crippen LogP contribution in [0.5, 0.6) is 0 Å². The fraction of sp³-hybridized carbons (Fsp3) is 0.615. The molecule has 0 spiro atoms. The molecule has 1 rings (SSSR count). The summed E-state index contributed by atoms with van der Waals surface area (Å²) in [6.45, 7) is 5.90. The van der Waals surface area contributed by atoms with Gasteiger partial charge in [-0.3, -0.25) is 4.79 Å². The fourth-order valence-corrected chi connectivity index (χ4v) is 1.80. The topological polar surface area (TPSA) is 17.1 Å². The number of hydrogen-bond donors (Lipinski definition) is 0. The molecule has 0 amide bonds. The molecule has 78 valence electrons. The minimum absolute atomic E-state index is 0.244. The van der Waals surface area contributed by atoms with Crippen molar-refractivity contribution in [3.8, 4) is 0 Å². The maximum atomic E-state index is 11.5. The Morgan fingerprint density at radius 1 is 1.36 bits per heavy atom. The monoisotopic (exact) mass is 192 g/mol. The van der Waals surface area contributed by atoms with E-state index in [4.69, 9.17) is 0 Å². The van der Waals surface area contributed by atoms with Crippen molar-refractivity contribution in [2.75, 3.05) is 0 Å². The van der Waals surface area contributed by atoms with Crippen molar-refractivity contribution in [1.82, 2.24) is 0 Å². The van der Waals surface area contributed by atoms with Crippen LogP contribution in [-0.2, 0) is 4.79 Å². The summed E-state index contributed by atoms with van der Waals surface area (Å²) in [5.41, 5.74) is 2.40. The molecule has 0 N–H and O–H groups in total. The molecule has 0 aromatic rings. The summed E-state index contributed by atoms with van der Waals surface area (Å²) in [7, 11) is 0. The van der Waals surface area contributed by atoms with Gasteiger partial charge in [-0.15, -0.1) is 0 Å². The van der Waals surface area contributed by atoms with Crippen LogP contribution in [0.4, 0.5) is 0 Å². The predicted octanol–water partition coefficient (Wildman–Crippen LogP) is 3.80. The lowest BCUT2D eigenvalue weighted by Gasteiger charge is -2.12. The largest absolute Gasteiger partial charge is 0.295 e. The Labute approximate surface area is 86.9 Å². The number of hydrogen-bond acceptors (Lipinski definition) is 1. The third kappa shape index (κ3) is 3.91. The van der Waals surface area contributed by atoms with E-state index < -0.39 is 0 Å². The minimum Gasteiger partial charge on any atom is -0.295 e. The first-order valence-electron chi connectivity index (χ1n) is 5.61. The molecule has 0 bridgehead atoms. The van der Waals surface area contributed by atoms with E-state index >= 15 is 0 Å². The van der Waals surface area contributed by atoms with Gasteiger partial charge in [0.2, 0.25) is 0 Å².